The Morgan fingerprint density at radius 2 is 2.19 bits per heavy atom. The van der Waals surface area contributed by atoms with E-state index in [1.165, 1.54) is 11.8 Å². The molecule has 0 unspecified atom stereocenters. The van der Waals surface area contributed by atoms with E-state index >= 15 is 0 Å². The molecule has 0 radical (unpaired) electrons. The monoisotopic (exact) mass is 308 g/mol. The van der Waals surface area contributed by atoms with Gasteiger partial charge in [0.1, 0.15) is 5.75 Å². The second-order valence-electron chi connectivity index (χ2n) is 4.01. The van der Waals surface area contributed by atoms with Crippen LogP contribution in [0, 0.1) is 0 Å². The molecule has 0 aliphatic carbocycles. The van der Waals surface area contributed by atoms with Gasteiger partial charge in [-0.3, -0.25) is 4.79 Å². The summed E-state index contributed by atoms with van der Waals surface area (Å²) in [5.41, 5.74) is 0.769. The van der Waals surface area contributed by atoms with Crippen molar-refractivity contribution in [1.29, 1.82) is 0 Å². The van der Waals surface area contributed by atoms with Gasteiger partial charge in [0.05, 0.1) is 30.8 Å². The van der Waals surface area contributed by atoms with Crippen LogP contribution >= 0.6 is 11.8 Å². The lowest BCUT2D eigenvalue weighted by molar-refractivity contribution is -0.139. The molecule has 1 aromatic carbocycles. The first-order valence-electron chi connectivity index (χ1n) is 6.44. The Labute approximate surface area is 126 Å². The summed E-state index contributed by atoms with van der Waals surface area (Å²) >= 11 is 1.37. The lowest BCUT2D eigenvalue weighted by Crippen LogP contribution is -2.06. The molecule has 0 spiro atoms. The van der Waals surface area contributed by atoms with Crippen LogP contribution < -0.4 is 4.74 Å². The minimum Gasteiger partial charge on any atom is -0.496 e. The maximum absolute atomic E-state index is 11.2. The van der Waals surface area contributed by atoms with Gasteiger partial charge in [0.2, 0.25) is 11.7 Å². The summed E-state index contributed by atoms with van der Waals surface area (Å²) in [6, 6.07) is 7.45. The van der Waals surface area contributed by atoms with Gasteiger partial charge < -0.3 is 14.0 Å². The van der Waals surface area contributed by atoms with Crippen LogP contribution in [0.3, 0.4) is 0 Å². The van der Waals surface area contributed by atoms with Gasteiger partial charge in [0.25, 0.3) is 0 Å². The van der Waals surface area contributed by atoms with Crippen LogP contribution in [0.15, 0.2) is 28.8 Å². The molecule has 0 amide bonds. The Kier molecular flexibility index (Phi) is 5.62. The van der Waals surface area contributed by atoms with E-state index in [1.807, 2.05) is 24.3 Å². The van der Waals surface area contributed by atoms with Crippen molar-refractivity contribution < 1.29 is 18.8 Å². The molecule has 0 saturated carbocycles. The first kappa shape index (κ1) is 15.4. The van der Waals surface area contributed by atoms with Gasteiger partial charge in [-0.15, -0.1) is 11.8 Å². The molecule has 6 nitrogen and oxygen atoms in total. The number of nitrogens with zero attached hydrogens (tertiary/aromatic N) is 2. The highest BCUT2D eigenvalue weighted by molar-refractivity contribution is 7.99. The van der Waals surface area contributed by atoms with E-state index in [4.69, 9.17) is 14.0 Å². The zero-order valence-electron chi connectivity index (χ0n) is 11.9. The first-order valence-corrected chi connectivity index (χ1v) is 7.59. The molecule has 0 bridgehead atoms. The van der Waals surface area contributed by atoms with Crippen molar-refractivity contribution in [3.05, 3.63) is 30.2 Å². The topological polar surface area (TPSA) is 74.5 Å². The smallest absolute Gasteiger partial charge is 0.315 e. The third-order valence-electron chi connectivity index (χ3n) is 2.57. The van der Waals surface area contributed by atoms with Crippen LogP contribution in [0.25, 0.3) is 11.4 Å². The van der Waals surface area contributed by atoms with Gasteiger partial charge in [0, 0.05) is 0 Å². The molecule has 2 rings (SSSR count). The average Bonchev–Trinajstić information content (AvgIpc) is 2.96. The van der Waals surface area contributed by atoms with Gasteiger partial charge in [-0.2, -0.15) is 4.98 Å². The highest BCUT2D eigenvalue weighted by Gasteiger charge is 2.13. The third kappa shape index (κ3) is 4.22. The number of methoxy groups -OCH3 is 1. The zero-order valence-corrected chi connectivity index (χ0v) is 12.7. The van der Waals surface area contributed by atoms with Crippen molar-refractivity contribution in [3.8, 4) is 17.1 Å². The summed E-state index contributed by atoms with van der Waals surface area (Å²) in [4.78, 5) is 15.5. The maximum atomic E-state index is 11.2. The number of carbonyl (C=O) groups is 1. The molecule has 0 saturated heterocycles. The van der Waals surface area contributed by atoms with Crippen molar-refractivity contribution in [2.45, 2.75) is 12.7 Å². The van der Waals surface area contributed by atoms with Crippen molar-refractivity contribution in [2.24, 2.45) is 0 Å². The second kappa shape index (κ2) is 7.68. The van der Waals surface area contributed by atoms with Gasteiger partial charge >= 0.3 is 5.97 Å². The highest BCUT2D eigenvalue weighted by atomic mass is 32.2. The van der Waals surface area contributed by atoms with Crippen LogP contribution in [-0.2, 0) is 15.3 Å². The van der Waals surface area contributed by atoms with Crippen molar-refractivity contribution in [2.75, 3.05) is 19.5 Å². The van der Waals surface area contributed by atoms with E-state index in [0.29, 0.717) is 29.8 Å². The Morgan fingerprint density at radius 3 is 2.95 bits per heavy atom. The largest absolute Gasteiger partial charge is 0.496 e. The van der Waals surface area contributed by atoms with Gasteiger partial charge in [0.15, 0.2) is 0 Å². The number of aromatic nitrogens is 2. The fraction of sp³-hybridized carbons (Fsp3) is 0.357. The molecular weight excluding hydrogens is 292 g/mol. The minimum absolute atomic E-state index is 0.244. The number of hydrogen-bond donors (Lipinski definition) is 0. The van der Waals surface area contributed by atoms with E-state index < -0.39 is 0 Å². The number of rotatable bonds is 7. The molecule has 7 heteroatoms. The van der Waals surface area contributed by atoms with E-state index in [9.17, 15) is 4.79 Å². The summed E-state index contributed by atoms with van der Waals surface area (Å²) in [5, 5.41) is 3.93. The fourth-order valence-corrected chi connectivity index (χ4v) is 2.32. The predicted octanol–water partition coefficient (Wildman–Crippen LogP) is 2.54. The fourth-order valence-electron chi connectivity index (χ4n) is 1.68. The standard InChI is InChI=1S/C14H16N2O4S/c1-3-19-13(17)9-21-8-12-15-14(16-20-12)10-6-4-5-7-11(10)18-2/h4-7H,3,8-9H2,1-2H3. The summed E-state index contributed by atoms with van der Waals surface area (Å²) in [5.74, 6) is 2.10. The summed E-state index contributed by atoms with van der Waals surface area (Å²) in [6.45, 7) is 2.16. The number of ether oxygens (including phenoxy) is 2. The zero-order chi connectivity index (χ0) is 15.1. The lowest BCUT2D eigenvalue weighted by atomic mass is 10.2. The molecule has 0 N–H and O–H groups in total. The SMILES string of the molecule is CCOC(=O)CSCc1nc(-c2ccccc2OC)no1. The highest BCUT2D eigenvalue weighted by Crippen LogP contribution is 2.27. The number of esters is 1. The quantitative estimate of drug-likeness (QED) is 0.728. The molecule has 0 aliphatic rings. The number of carbonyl (C=O) groups excluding carboxylic acids is 1. The third-order valence-corrected chi connectivity index (χ3v) is 3.46. The van der Waals surface area contributed by atoms with Crippen LogP contribution in [0.5, 0.6) is 5.75 Å². The van der Waals surface area contributed by atoms with Crippen molar-refractivity contribution in [3.63, 3.8) is 0 Å². The van der Waals surface area contributed by atoms with E-state index in [0.717, 1.165) is 5.56 Å². The Morgan fingerprint density at radius 1 is 1.38 bits per heavy atom. The Balaban J connectivity index is 1.97. The molecule has 0 fully saturated rings. The van der Waals surface area contributed by atoms with Crippen LogP contribution in [0.4, 0.5) is 0 Å². The lowest BCUT2D eigenvalue weighted by Gasteiger charge is -2.03. The normalized spacial score (nSPS) is 10.4. The van der Waals surface area contributed by atoms with E-state index in [-0.39, 0.29) is 11.7 Å². The number of para-hydroxylation sites is 1. The second-order valence-corrected chi connectivity index (χ2v) is 5.00. The number of thioether (sulfide) groups is 1. The minimum atomic E-state index is -0.244. The van der Waals surface area contributed by atoms with Crippen LogP contribution in [0.2, 0.25) is 0 Å². The molecule has 1 aromatic heterocycles. The molecule has 1 heterocycles. The number of hydrogen-bond acceptors (Lipinski definition) is 7. The Hall–Kier alpha value is -2.02. The van der Waals surface area contributed by atoms with Crippen LogP contribution in [-0.4, -0.2) is 35.6 Å². The average molecular weight is 308 g/mol. The van der Waals surface area contributed by atoms with Gasteiger partial charge in [-0.1, -0.05) is 17.3 Å². The molecular formula is C14H16N2O4S. The number of benzene rings is 1. The summed E-state index contributed by atoms with van der Waals surface area (Å²) < 4.78 is 15.3. The molecule has 112 valence electrons. The summed E-state index contributed by atoms with van der Waals surface area (Å²) in [6.07, 6.45) is 0. The summed E-state index contributed by atoms with van der Waals surface area (Å²) in [7, 11) is 1.59. The predicted molar refractivity (Wildman–Crippen MR) is 79.1 cm³/mol. The van der Waals surface area contributed by atoms with Crippen molar-refractivity contribution in [1.82, 2.24) is 10.1 Å². The van der Waals surface area contributed by atoms with Gasteiger partial charge in [-0.05, 0) is 19.1 Å². The van der Waals surface area contributed by atoms with Gasteiger partial charge in [-0.25, -0.2) is 0 Å². The first-order chi connectivity index (χ1) is 10.2. The molecule has 0 aliphatic heterocycles. The van der Waals surface area contributed by atoms with E-state index in [2.05, 4.69) is 10.1 Å². The van der Waals surface area contributed by atoms with Crippen LogP contribution in [0.1, 0.15) is 12.8 Å². The van der Waals surface area contributed by atoms with Crippen molar-refractivity contribution >= 4 is 17.7 Å². The van der Waals surface area contributed by atoms with E-state index in [1.54, 1.807) is 14.0 Å². The maximum Gasteiger partial charge on any atom is 0.315 e. The molecule has 0 atom stereocenters. The molecule has 21 heavy (non-hydrogen) atoms. The molecule has 2 aromatic rings. The Bertz CT molecular complexity index is 600.